The van der Waals surface area contributed by atoms with Crippen molar-refractivity contribution in [2.45, 2.75) is 26.4 Å². The molecule has 0 unspecified atom stereocenters. The third-order valence-electron chi connectivity index (χ3n) is 1.53. The van der Waals surface area contributed by atoms with Crippen molar-refractivity contribution in [1.29, 1.82) is 0 Å². The van der Waals surface area contributed by atoms with Crippen LogP contribution in [0.1, 0.15) is 20.3 Å². The smallest absolute Gasteiger partial charge is 0.408 e. The molecule has 0 bridgehead atoms. The molecular weight excluding hydrogens is 172 g/mol. The summed E-state index contributed by atoms with van der Waals surface area (Å²) in [5.41, 5.74) is 0. The summed E-state index contributed by atoms with van der Waals surface area (Å²) in [5, 5.41) is 5.23. The zero-order valence-corrected chi connectivity index (χ0v) is 8.22. The monoisotopic (exact) mass is 188 g/mol. The van der Waals surface area contributed by atoms with Gasteiger partial charge in [0.1, 0.15) is 6.17 Å². The van der Waals surface area contributed by atoms with E-state index in [0.29, 0.717) is 13.0 Å². The summed E-state index contributed by atoms with van der Waals surface area (Å²) in [4.78, 5) is 22.0. The number of hydrogen-bond acceptors (Lipinski definition) is 4. The first-order valence-corrected chi connectivity index (χ1v) is 4.26. The number of ketones is 1. The topological polar surface area (TPSA) is 67.4 Å². The number of carbonyl (C=O) groups excluding carboxylic acids is 2. The van der Waals surface area contributed by atoms with Crippen molar-refractivity contribution in [2.75, 3.05) is 13.7 Å². The second-order valence-corrected chi connectivity index (χ2v) is 2.45. The highest BCUT2D eigenvalue weighted by Crippen LogP contribution is 1.88. The van der Waals surface area contributed by atoms with Crippen LogP contribution >= 0.6 is 0 Å². The quantitative estimate of drug-likeness (QED) is 0.607. The molecule has 0 aliphatic heterocycles. The van der Waals surface area contributed by atoms with Crippen molar-refractivity contribution in [3.8, 4) is 0 Å². The van der Waals surface area contributed by atoms with Gasteiger partial charge < -0.3 is 4.74 Å². The molecule has 76 valence electrons. The minimum Gasteiger partial charge on any atom is -0.453 e. The number of hydrogen-bond donors (Lipinski definition) is 2. The van der Waals surface area contributed by atoms with E-state index in [9.17, 15) is 9.59 Å². The number of methoxy groups -OCH3 is 1. The van der Waals surface area contributed by atoms with Gasteiger partial charge in [-0.25, -0.2) is 4.79 Å². The van der Waals surface area contributed by atoms with Crippen LogP contribution in [0.15, 0.2) is 0 Å². The van der Waals surface area contributed by atoms with Gasteiger partial charge in [0, 0.05) is 6.42 Å². The Bertz CT molecular complexity index is 182. The molecule has 13 heavy (non-hydrogen) atoms. The molecule has 0 fully saturated rings. The SMILES string of the molecule is CCN[C@H](NC(=O)OC)C(=O)CC. The number of alkyl carbamates (subject to hydrolysis) is 1. The summed E-state index contributed by atoms with van der Waals surface area (Å²) in [6.07, 6.45) is -0.864. The fourth-order valence-corrected chi connectivity index (χ4v) is 0.830. The third kappa shape index (κ3) is 4.47. The second-order valence-electron chi connectivity index (χ2n) is 2.45. The molecular formula is C8H16N2O3. The molecule has 1 atom stereocenters. The van der Waals surface area contributed by atoms with Gasteiger partial charge in [0.05, 0.1) is 7.11 Å². The number of amides is 1. The highest BCUT2D eigenvalue weighted by Gasteiger charge is 2.17. The second kappa shape index (κ2) is 6.42. The number of rotatable bonds is 5. The summed E-state index contributed by atoms with van der Waals surface area (Å²) >= 11 is 0. The Kier molecular flexibility index (Phi) is 5.88. The van der Waals surface area contributed by atoms with Crippen LogP contribution in [0.3, 0.4) is 0 Å². The van der Waals surface area contributed by atoms with Crippen molar-refractivity contribution < 1.29 is 14.3 Å². The van der Waals surface area contributed by atoms with Gasteiger partial charge >= 0.3 is 6.09 Å². The predicted molar refractivity (Wildman–Crippen MR) is 48.3 cm³/mol. The minimum absolute atomic E-state index is 0.0627. The van der Waals surface area contributed by atoms with Crippen LogP contribution in [-0.4, -0.2) is 31.7 Å². The van der Waals surface area contributed by atoms with Crippen LogP contribution in [0, 0.1) is 0 Å². The fraction of sp³-hybridized carbons (Fsp3) is 0.750. The van der Waals surface area contributed by atoms with Gasteiger partial charge in [-0.3, -0.25) is 15.4 Å². The maximum absolute atomic E-state index is 11.2. The number of carbonyl (C=O) groups is 2. The van der Waals surface area contributed by atoms with Crippen LogP contribution < -0.4 is 10.6 Å². The van der Waals surface area contributed by atoms with E-state index in [4.69, 9.17) is 0 Å². The van der Waals surface area contributed by atoms with Crippen LogP contribution in [0.4, 0.5) is 4.79 Å². The van der Waals surface area contributed by atoms with Crippen LogP contribution in [0.5, 0.6) is 0 Å². The molecule has 0 rings (SSSR count). The molecule has 0 saturated heterocycles. The van der Waals surface area contributed by atoms with Crippen LogP contribution in [0.25, 0.3) is 0 Å². The van der Waals surface area contributed by atoms with Crippen molar-refractivity contribution in [3.05, 3.63) is 0 Å². The van der Waals surface area contributed by atoms with Crippen molar-refractivity contribution in [3.63, 3.8) is 0 Å². The van der Waals surface area contributed by atoms with Gasteiger partial charge in [0.2, 0.25) is 0 Å². The van der Waals surface area contributed by atoms with E-state index in [-0.39, 0.29) is 5.78 Å². The molecule has 2 N–H and O–H groups in total. The van der Waals surface area contributed by atoms with Gasteiger partial charge in [0.25, 0.3) is 0 Å². The van der Waals surface area contributed by atoms with Crippen LogP contribution in [-0.2, 0) is 9.53 Å². The highest BCUT2D eigenvalue weighted by molar-refractivity contribution is 5.86. The van der Waals surface area contributed by atoms with Crippen molar-refractivity contribution in [1.82, 2.24) is 10.6 Å². The first-order valence-electron chi connectivity index (χ1n) is 4.26. The number of Topliss-reactive ketones (excluding diaryl/α,β-unsaturated/α-hetero) is 1. The number of likely N-dealkylation sites (N-methyl/N-ethyl adjacent to an activating group) is 1. The van der Waals surface area contributed by atoms with Crippen molar-refractivity contribution >= 4 is 11.9 Å². The Morgan fingerprint density at radius 3 is 2.38 bits per heavy atom. The van der Waals surface area contributed by atoms with Crippen LogP contribution in [0.2, 0.25) is 0 Å². The van der Waals surface area contributed by atoms with Gasteiger partial charge in [-0.1, -0.05) is 13.8 Å². The molecule has 5 heteroatoms. The first-order chi connectivity index (χ1) is 6.15. The van der Waals surface area contributed by atoms with Gasteiger partial charge in [-0.15, -0.1) is 0 Å². The van der Waals surface area contributed by atoms with E-state index in [1.165, 1.54) is 7.11 Å². The maximum Gasteiger partial charge on any atom is 0.408 e. The van der Waals surface area contributed by atoms with Gasteiger partial charge in [0.15, 0.2) is 5.78 Å². The Labute approximate surface area is 77.8 Å². The van der Waals surface area contributed by atoms with Gasteiger partial charge in [-0.2, -0.15) is 0 Å². The maximum atomic E-state index is 11.2. The van der Waals surface area contributed by atoms with E-state index < -0.39 is 12.3 Å². The lowest BCUT2D eigenvalue weighted by Gasteiger charge is -2.16. The lowest BCUT2D eigenvalue weighted by atomic mass is 10.2. The standard InChI is InChI=1S/C8H16N2O3/c1-4-6(11)7(9-5-2)10-8(12)13-3/h7,9H,4-5H2,1-3H3,(H,10,12)/t7-/m1/s1. The molecule has 0 aliphatic carbocycles. The zero-order chi connectivity index (χ0) is 10.3. The summed E-state index contributed by atoms with van der Waals surface area (Å²) < 4.78 is 4.38. The van der Waals surface area contributed by atoms with Gasteiger partial charge in [-0.05, 0) is 6.54 Å². The first kappa shape index (κ1) is 11.9. The number of ether oxygens (including phenoxy) is 1. The Morgan fingerprint density at radius 1 is 1.38 bits per heavy atom. The largest absolute Gasteiger partial charge is 0.453 e. The van der Waals surface area contributed by atoms with Crippen molar-refractivity contribution in [2.24, 2.45) is 0 Å². The average molecular weight is 188 g/mol. The predicted octanol–water partition coefficient (Wildman–Crippen LogP) is 0.257. The van der Waals surface area contributed by atoms with E-state index in [1.54, 1.807) is 6.92 Å². The lowest BCUT2D eigenvalue weighted by molar-refractivity contribution is -0.121. The molecule has 1 amide bonds. The summed E-state index contributed by atoms with van der Waals surface area (Å²) in [6.45, 7) is 4.21. The summed E-state index contributed by atoms with van der Waals surface area (Å²) in [6, 6.07) is 0. The van der Waals surface area contributed by atoms with E-state index in [2.05, 4.69) is 15.4 Å². The molecule has 5 nitrogen and oxygen atoms in total. The lowest BCUT2D eigenvalue weighted by Crippen LogP contribution is -2.50. The molecule has 0 radical (unpaired) electrons. The van der Waals surface area contributed by atoms with E-state index in [1.807, 2.05) is 6.92 Å². The normalized spacial score (nSPS) is 11.9. The highest BCUT2D eigenvalue weighted by atomic mass is 16.5. The number of nitrogens with one attached hydrogen (secondary N) is 2. The summed E-state index contributed by atoms with van der Waals surface area (Å²) in [5.74, 6) is -0.0627. The Balaban J connectivity index is 4.08. The molecule has 0 heterocycles. The molecule has 0 saturated carbocycles. The Hall–Kier alpha value is -1.10. The third-order valence-corrected chi connectivity index (χ3v) is 1.53. The van der Waals surface area contributed by atoms with E-state index >= 15 is 0 Å². The molecule has 0 spiro atoms. The fourth-order valence-electron chi connectivity index (χ4n) is 0.830. The average Bonchev–Trinajstić information content (AvgIpc) is 2.15. The minimum atomic E-state index is -0.637. The zero-order valence-electron chi connectivity index (χ0n) is 8.22. The molecule has 0 aromatic heterocycles. The van der Waals surface area contributed by atoms with E-state index in [0.717, 1.165) is 0 Å². The molecule has 0 aliphatic rings. The molecule has 0 aromatic carbocycles. The molecule has 0 aromatic rings. The Morgan fingerprint density at radius 2 is 2.00 bits per heavy atom. The summed E-state index contributed by atoms with van der Waals surface area (Å²) in [7, 11) is 1.26.